The van der Waals surface area contributed by atoms with E-state index in [0.717, 1.165) is 11.0 Å². The van der Waals surface area contributed by atoms with Gasteiger partial charge in [0.15, 0.2) is 0 Å². The van der Waals surface area contributed by atoms with Crippen molar-refractivity contribution < 1.29 is 54.3 Å². The Labute approximate surface area is 320 Å². The average Bonchev–Trinajstić information content (AvgIpc) is 3.92. The molecule has 2 aliphatic carbocycles. The second kappa shape index (κ2) is 14.6. The fourth-order valence-corrected chi connectivity index (χ4v) is 9.02. The van der Waals surface area contributed by atoms with Crippen LogP contribution in [0.15, 0.2) is 48.6 Å². The number of nitrogens with zero attached hydrogens (tertiary/aromatic N) is 2. The molecule has 3 N–H and O–H groups in total. The van der Waals surface area contributed by atoms with Crippen molar-refractivity contribution in [2.24, 2.45) is 5.92 Å². The van der Waals surface area contributed by atoms with Crippen LogP contribution in [0.3, 0.4) is 0 Å². The van der Waals surface area contributed by atoms with Gasteiger partial charge in [-0.15, -0.1) is 0 Å². The van der Waals surface area contributed by atoms with Crippen molar-refractivity contribution in [1.29, 1.82) is 0 Å². The number of benzene rings is 2. The van der Waals surface area contributed by atoms with Gasteiger partial charge in [-0.2, -0.15) is 13.2 Å². The highest BCUT2D eigenvalue weighted by molar-refractivity contribution is 7.91. The van der Waals surface area contributed by atoms with Gasteiger partial charge in [0.2, 0.25) is 21.8 Å². The Morgan fingerprint density at radius 3 is 2.52 bits per heavy atom. The van der Waals surface area contributed by atoms with Gasteiger partial charge in [-0.1, -0.05) is 37.1 Å². The van der Waals surface area contributed by atoms with E-state index in [1.807, 2.05) is 6.08 Å². The Morgan fingerprint density at radius 2 is 1.80 bits per heavy atom. The molecule has 3 heterocycles. The van der Waals surface area contributed by atoms with Gasteiger partial charge in [0.05, 0.1) is 23.4 Å². The molecule has 2 saturated carbocycles. The van der Waals surface area contributed by atoms with E-state index < -0.39 is 91.6 Å². The molecule has 5 aliphatic rings. The van der Waals surface area contributed by atoms with Crippen LogP contribution in [0.5, 0.6) is 0 Å². The van der Waals surface area contributed by atoms with Gasteiger partial charge in [-0.25, -0.2) is 22.0 Å². The average molecular weight is 808 g/mol. The zero-order valence-corrected chi connectivity index (χ0v) is 31.3. The number of sulfonamides is 1. The van der Waals surface area contributed by atoms with Gasteiger partial charge in [-0.05, 0) is 75.3 Å². The van der Waals surface area contributed by atoms with Crippen molar-refractivity contribution >= 4 is 39.5 Å². The van der Waals surface area contributed by atoms with Crippen LogP contribution in [0.4, 0.5) is 32.4 Å². The van der Waals surface area contributed by atoms with Crippen molar-refractivity contribution in [3.05, 3.63) is 76.9 Å². The first-order chi connectivity index (χ1) is 26.4. The SMILES string of the molecule is CC1(S(=O)(=O)NC(=O)[C@@]23C[C@H]2C=CCCCCC[C@H](Nc2cc(F)cc(C(F)(F)F)c2)C(=O)N2C[C@H](OC(=O)N4Cc5cccc(F)c5C4)C[C@H]2C(=O)N3)CC1. The molecule has 3 aliphatic heterocycles. The highest BCUT2D eigenvalue weighted by atomic mass is 32.2. The fourth-order valence-electron chi connectivity index (χ4n) is 7.71. The quantitative estimate of drug-likeness (QED) is 0.264. The van der Waals surface area contributed by atoms with Crippen LogP contribution < -0.4 is 15.4 Å². The molecule has 7 rings (SSSR count). The first-order valence-corrected chi connectivity index (χ1v) is 20.1. The summed E-state index contributed by atoms with van der Waals surface area (Å²) in [5, 5.41) is 5.47. The van der Waals surface area contributed by atoms with Crippen molar-refractivity contribution in [2.75, 3.05) is 11.9 Å². The standard InChI is InChI=1S/C38H42F5N5O7S/c1-36(12-13-36)56(53,54)46-34(51)37-18-23(37)9-5-3-2-4-6-11-30(44-26-15-24(38(41,42)43)14-25(39)16-26)33(50)48-20-27(17-31(48)32(49)45-37)55-35(52)47-19-22-8-7-10-29(40)28(22)21-47/h5,7-10,14-16,23,27,30-31,44H,2-4,6,11-13,17-21H2,1H3,(H,45,49)(H,46,51)/t23-,27-,30+,31+,37-/m1/s1. The van der Waals surface area contributed by atoms with Crippen LogP contribution in [-0.4, -0.2) is 77.1 Å². The number of hydrogen-bond donors (Lipinski definition) is 3. The number of halogens is 5. The number of carbonyl (C=O) groups excluding carboxylic acids is 4. The van der Waals surface area contributed by atoms with Gasteiger partial charge in [0, 0.05) is 30.1 Å². The van der Waals surface area contributed by atoms with E-state index in [1.54, 1.807) is 12.1 Å². The second-order valence-electron chi connectivity index (χ2n) is 15.6. The van der Waals surface area contributed by atoms with E-state index in [2.05, 4.69) is 15.4 Å². The van der Waals surface area contributed by atoms with E-state index in [1.165, 1.54) is 24.0 Å². The molecule has 4 amide bonds. The predicted octanol–water partition coefficient (Wildman–Crippen LogP) is 5.28. The lowest BCUT2D eigenvalue weighted by atomic mass is 10.0. The number of rotatable bonds is 6. The molecular weight excluding hydrogens is 766 g/mol. The molecule has 0 unspecified atom stereocenters. The minimum atomic E-state index is -4.88. The highest BCUT2D eigenvalue weighted by Gasteiger charge is 2.63. The lowest BCUT2D eigenvalue weighted by Gasteiger charge is -2.30. The maximum absolute atomic E-state index is 14.5. The minimum Gasteiger partial charge on any atom is -0.444 e. The number of ether oxygens (including phenoxy) is 1. The highest BCUT2D eigenvalue weighted by Crippen LogP contribution is 2.47. The summed E-state index contributed by atoms with van der Waals surface area (Å²) in [6.07, 6.45) is -0.417. The smallest absolute Gasteiger partial charge is 0.416 e. The van der Waals surface area contributed by atoms with E-state index in [4.69, 9.17) is 4.74 Å². The Balaban J connectivity index is 1.17. The third-order valence-corrected chi connectivity index (χ3v) is 13.7. The number of amides is 4. The molecule has 3 fully saturated rings. The molecule has 2 aromatic carbocycles. The zero-order chi connectivity index (χ0) is 40.2. The Morgan fingerprint density at radius 1 is 1.04 bits per heavy atom. The van der Waals surface area contributed by atoms with Crippen LogP contribution >= 0.6 is 0 Å². The molecule has 2 aromatic rings. The number of anilines is 1. The molecule has 1 saturated heterocycles. The third-order valence-electron chi connectivity index (χ3n) is 11.5. The van der Waals surface area contributed by atoms with Crippen molar-refractivity contribution in [2.45, 2.75) is 112 Å². The van der Waals surface area contributed by atoms with E-state index in [-0.39, 0.29) is 44.6 Å². The summed E-state index contributed by atoms with van der Waals surface area (Å²) < 4.78 is 103. The lowest BCUT2D eigenvalue weighted by Crippen LogP contribution is -2.58. The zero-order valence-electron chi connectivity index (χ0n) is 30.5. The second-order valence-corrected chi connectivity index (χ2v) is 17.8. The monoisotopic (exact) mass is 807 g/mol. The number of hydrogen-bond acceptors (Lipinski definition) is 8. The number of carbonyl (C=O) groups is 4. The number of alkyl halides is 3. The Kier molecular flexibility index (Phi) is 10.3. The summed E-state index contributed by atoms with van der Waals surface area (Å²) >= 11 is 0. The third kappa shape index (κ3) is 7.93. The molecular formula is C38H42F5N5O7S. The van der Waals surface area contributed by atoms with Crippen LogP contribution in [0.25, 0.3) is 0 Å². The van der Waals surface area contributed by atoms with Gasteiger partial charge in [-0.3, -0.25) is 24.0 Å². The molecule has 5 atom stereocenters. The summed E-state index contributed by atoms with van der Waals surface area (Å²) in [6, 6.07) is 3.66. The number of nitrogens with one attached hydrogen (secondary N) is 3. The first kappa shape index (κ1) is 39.5. The topological polar surface area (TPSA) is 154 Å². The number of allylic oxidation sites excluding steroid dienone is 1. The Hall–Kier alpha value is -4.74. The number of fused-ring (bicyclic) bond motifs is 3. The fraction of sp³-hybridized carbons (Fsp3) is 0.526. The largest absolute Gasteiger partial charge is 0.444 e. The normalized spacial score (nSPS) is 27.5. The summed E-state index contributed by atoms with van der Waals surface area (Å²) in [6.45, 7) is 1.16. The summed E-state index contributed by atoms with van der Waals surface area (Å²) in [4.78, 5) is 58.3. The van der Waals surface area contributed by atoms with Crippen molar-refractivity contribution in [1.82, 2.24) is 19.8 Å². The molecule has 0 radical (unpaired) electrons. The minimum absolute atomic E-state index is 0.0548. The molecule has 0 spiro atoms. The van der Waals surface area contributed by atoms with Crippen molar-refractivity contribution in [3.8, 4) is 0 Å². The molecule has 0 bridgehead atoms. The van der Waals surface area contributed by atoms with Crippen LogP contribution in [-0.2, 0) is 48.4 Å². The Bertz CT molecular complexity index is 2080. The van der Waals surface area contributed by atoms with E-state index >= 15 is 0 Å². The summed E-state index contributed by atoms with van der Waals surface area (Å²) in [5.74, 6) is -4.76. The van der Waals surface area contributed by atoms with Gasteiger partial charge in [0.1, 0.15) is 35.4 Å². The molecule has 18 heteroatoms. The molecule has 302 valence electrons. The predicted molar refractivity (Wildman–Crippen MR) is 191 cm³/mol. The van der Waals surface area contributed by atoms with Gasteiger partial charge >= 0.3 is 12.3 Å². The maximum Gasteiger partial charge on any atom is 0.416 e. The van der Waals surface area contributed by atoms with E-state index in [9.17, 15) is 49.5 Å². The van der Waals surface area contributed by atoms with Crippen LogP contribution in [0.2, 0.25) is 0 Å². The van der Waals surface area contributed by atoms with Crippen LogP contribution in [0, 0.1) is 17.6 Å². The lowest BCUT2D eigenvalue weighted by molar-refractivity contribution is -0.140. The maximum atomic E-state index is 14.5. The van der Waals surface area contributed by atoms with Gasteiger partial charge in [0.25, 0.3) is 5.91 Å². The summed E-state index contributed by atoms with van der Waals surface area (Å²) in [5.41, 5.74) is -2.35. The molecule has 56 heavy (non-hydrogen) atoms. The molecule has 12 nitrogen and oxygen atoms in total. The van der Waals surface area contributed by atoms with Crippen molar-refractivity contribution in [3.63, 3.8) is 0 Å². The van der Waals surface area contributed by atoms with Crippen LogP contribution in [0.1, 0.15) is 81.4 Å². The van der Waals surface area contributed by atoms with Gasteiger partial charge < -0.3 is 20.3 Å². The first-order valence-electron chi connectivity index (χ1n) is 18.6. The molecule has 0 aromatic heterocycles. The van der Waals surface area contributed by atoms with E-state index in [0.29, 0.717) is 61.8 Å². The summed E-state index contributed by atoms with van der Waals surface area (Å²) in [7, 11) is -4.09.